The molecule has 0 fully saturated rings. The van der Waals surface area contributed by atoms with Crippen LogP contribution in [0.15, 0.2) is 149 Å². The first-order valence-corrected chi connectivity index (χ1v) is 20.4. The van der Waals surface area contributed by atoms with Gasteiger partial charge in [-0.2, -0.15) is 0 Å². The van der Waals surface area contributed by atoms with Gasteiger partial charge in [0.05, 0.1) is 0 Å². The van der Waals surface area contributed by atoms with Gasteiger partial charge < -0.3 is 0 Å². The van der Waals surface area contributed by atoms with Crippen molar-refractivity contribution < 1.29 is 0 Å². The van der Waals surface area contributed by atoms with Gasteiger partial charge in [0.25, 0.3) is 0 Å². The minimum absolute atomic E-state index is 0.00103. The average molecular weight is 685 g/mol. The molecule has 8 aliphatic carbocycles. The Kier molecular flexibility index (Phi) is 7.17. The van der Waals surface area contributed by atoms with E-state index < -0.39 is 0 Å². The van der Waals surface area contributed by atoms with Gasteiger partial charge in [-0.05, 0) is 165 Å². The molecule has 0 spiro atoms. The molecule has 260 valence electrons. The van der Waals surface area contributed by atoms with Crippen LogP contribution in [0.5, 0.6) is 0 Å². The van der Waals surface area contributed by atoms with E-state index in [0.29, 0.717) is 17.8 Å². The number of fused-ring (bicyclic) bond motifs is 8. The van der Waals surface area contributed by atoms with Gasteiger partial charge in [-0.1, -0.05) is 129 Å². The standard InChI is InChI=1S/C53H48/c1-53(2)51-18-10-9-17-44(51)45-26-24-38(30-52(45)53)37-23-25-43-47(40-22-20-34-12-4-6-14-36(34)28-40)31-49-42-16-8-7-15-41(42)46(32-50(49)48(43)29-37)39-21-19-33-11-3-5-13-35(33)27-39/h5-10,13-15,17-22,24,26,29-32,39-40,42H,3-4,11-12,16,23,25,27-28H2,1-2H3. The van der Waals surface area contributed by atoms with Gasteiger partial charge in [0.1, 0.15) is 0 Å². The molecule has 0 saturated heterocycles. The first-order chi connectivity index (χ1) is 26.0. The van der Waals surface area contributed by atoms with E-state index >= 15 is 0 Å². The molecule has 0 aliphatic heterocycles. The van der Waals surface area contributed by atoms with Gasteiger partial charge >= 0.3 is 0 Å². The normalized spacial score (nSPS) is 25.4. The van der Waals surface area contributed by atoms with Crippen molar-refractivity contribution in [1.29, 1.82) is 0 Å². The molecule has 3 atom stereocenters. The van der Waals surface area contributed by atoms with E-state index in [9.17, 15) is 0 Å². The first-order valence-electron chi connectivity index (χ1n) is 20.4. The number of allylic oxidation sites excluding steroid dienone is 18. The van der Waals surface area contributed by atoms with Crippen LogP contribution >= 0.6 is 0 Å². The summed E-state index contributed by atoms with van der Waals surface area (Å²) in [5.74, 6) is 1.24. The fourth-order valence-electron chi connectivity index (χ4n) is 11.2. The molecule has 0 N–H and O–H groups in total. The summed E-state index contributed by atoms with van der Waals surface area (Å²) in [7, 11) is 0. The lowest BCUT2D eigenvalue weighted by molar-refractivity contribution is 0.660. The number of benzene rings is 3. The topological polar surface area (TPSA) is 0 Å². The van der Waals surface area contributed by atoms with Crippen LogP contribution in [0.3, 0.4) is 0 Å². The molecule has 0 amide bonds. The zero-order valence-corrected chi connectivity index (χ0v) is 31.2. The van der Waals surface area contributed by atoms with E-state index in [1.54, 1.807) is 50.1 Å². The quantitative estimate of drug-likeness (QED) is 0.258. The van der Waals surface area contributed by atoms with Crippen LogP contribution in [0.25, 0.3) is 28.9 Å². The molecule has 0 heterocycles. The largest absolute Gasteiger partial charge is 0.0839 e. The van der Waals surface area contributed by atoms with E-state index in [4.69, 9.17) is 0 Å². The number of rotatable bonds is 3. The second-order valence-electron chi connectivity index (χ2n) is 17.2. The Balaban J connectivity index is 1.08. The highest BCUT2D eigenvalue weighted by atomic mass is 14.4. The zero-order chi connectivity index (χ0) is 35.3. The third-order valence-electron chi connectivity index (χ3n) is 14.0. The van der Waals surface area contributed by atoms with Gasteiger partial charge in [-0.25, -0.2) is 0 Å². The van der Waals surface area contributed by atoms with Crippen molar-refractivity contribution in [2.75, 3.05) is 0 Å². The number of hydrogen-bond donors (Lipinski definition) is 0. The molecule has 3 aromatic carbocycles. The molecular weight excluding hydrogens is 637 g/mol. The van der Waals surface area contributed by atoms with Crippen molar-refractivity contribution in [3.05, 3.63) is 193 Å². The molecule has 0 bridgehead atoms. The summed E-state index contributed by atoms with van der Waals surface area (Å²) in [6.45, 7) is 4.82. The molecule has 0 saturated carbocycles. The smallest absolute Gasteiger partial charge is 0.0159 e. The van der Waals surface area contributed by atoms with E-state index in [2.05, 4.69) is 141 Å². The fraction of sp³-hybridized carbons (Fsp3) is 0.283. The van der Waals surface area contributed by atoms with Crippen LogP contribution < -0.4 is 0 Å². The first kappa shape index (κ1) is 31.6. The maximum atomic E-state index is 2.68. The molecule has 11 rings (SSSR count). The van der Waals surface area contributed by atoms with Gasteiger partial charge in [-0.15, -0.1) is 0 Å². The Hall–Kier alpha value is -4.94. The van der Waals surface area contributed by atoms with Crippen molar-refractivity contribution in [3.8, 4) is 11.1 Å². The van der Waals surface area contributed by atoms with Crippen LogP contribution in [0.2, 0.25) is 0 Å². The predicted octanol–water partition coefficient (Wildman–Crippen LogP) is 13.8. The fourth-order valence-corrected chi connectivity index (χ4v) is 11.2. The van der Waals surface area contributed by atoms with Crippen LogP contribution in [-0.2, 0) is 11.8 Å². The maximum absolute atomic E-state index is 2.68. The van der Waals surface area contributed by atoms with Gasteiger partial charge in [0.2, 0.25) is 0 Å². The lowest BCUT2D eigenvalue weighted by Crippen LogP contribution is -2.21. The van der Waals surface area contributed by atoms with Crippen molar-refractivity contribution in [1.82, 2.24) is 0 Å². The second kappa shape index (κ2) is 12.0. The van der Waals surface area contributed by atoms with Crippen LogP contribution in [0.1, 0.15) is 122 Å². The third-order valence-corrected chi connectivity index (χ3v) is 14.0. The summed E-state index contributed by atoms with van der Waals surface area (Å²) in [6, 6.07) is 19.1. The SMILES string of the molecule is CC1(C)c2ccccc2-c2ccc(C3=Cc4c5c(cc(C6C=CC7=C(C=CCC7)C6)c4CC3)C3CC=CC=C3C(C3C=CC4=C(C=CCC4)C3)=C5)cc21. The molecular formula is C53H48. The van der Waals surface area contributed by atoms with E-state index in [0.717, 1.165) is 32.1 Å². The Morgan fingerprint density at radius 1 is 0.604 bits per heavy atom. The molecule has 53 heavy (non-hydrogen) atoms. The van der Waals surface area contributed by atoms with Crippen molar-refractivity contribution in [2.45, 2.75) is 88.9 Å². The average Bonchev–Trinajstić information content (AvgIpc) is 3.45. The maximum Gasteiger partial charge on any atom is 0.0159 e. The monoisotopic (exact) mass is 684 g/mol. The zero-order valence-electron chi connectivity index (χ0n) is 31.2. The highest BCUT2D eigenvalue weighted by molar-refractivity contribution is 5.92. The van der Waals surface area contributed by atoms with Gasteiger partial charge in [-0.3, -0.25) is 0 Å². The van der Waals surface area contributed by atoms with Crippen LogP contribution in [0.4, 0.5) is 0 Å². The van der Waals surface area contributed by atoms with Crippen molar-refractivity contribution in [2.24, 2.45) is 5.92 Å². The lowest BCUT2D eigenvalue weighted by atomic mass is 9.66. The Bertz CT molecular complexity index is 2450. The van der Waals surface area contributed by atoms with Crippen LogP contribution in [0, 0.1) is 5.92 Å². The highest BCUT2D eigenvalue weighted by Gasteiger charge is 2.37. The van der Waals surface area contributed by atoms with Gasteiger partial charge in [0, 0.05) is 23.2 Å². The van der Waals surface area contributed by atoms with Gasteiger partial charge in [0.15, 0.2) is 0 Å². The molecule has 3 unspecified atom stereocenters. The molecule has 8 aliphatic rings. The van der Waals surface area contributed by atoms with E-state index in [1.165, 1.54) is 70.2 Å². The van der Waals surface area contributed by atoms with Crippen molar-refractivity contribution in [3.63, 3.8) is 0 Å². The minimum atomic E-state index is 0.00103. The molecule has 0 nitrogen and oxygen atoms in total. The van der Waals surface area contributed by atoms with E-state index in [-0.39, 0.29) is 5.41 Å². The molecule has 0 heteroatoms. The molecule has 0 radical (unpaired) electrons. The summed E-state index contributed by atoms with van der Waals surface area (Å²) in [5.41, 5.74) is 25.6. The van der Waals surface area contributed by atoms with E-state index in [1.807, 2.05) is 0 Å². The summed E-state index contributed by atoms with van der Waals surface area (Å²) in [6.07, 6.45) is 42.3. The highest BCUT2D eigenvalue weighted by Crippen LogP contribution is 2.53. The van der Waals surface area contributed by atoms with Crippen molar-refractivity contribution >= 4 is 17.7 Å². The van der Waals surface area contributed by atoms with Crippen LogP contribution in [-0.4, -0.2) is 0 Å². The Morgan fingerprint density at radius 3 is 2.19 bits per heavy atom. The Morgan fingerprint density at radius 2 is 1.36 bits per heavy atom. The summed E-state index contributed by atoms with van der Waals surface area (Å²) >= 11 is 0. The summed E-state index contributed by atoms with van der Waals surface area (Å²) in [4.78, 5) is 0. The number of hydrogen-bond acceptors (Lipinski definition) is 0. The second-order valence-corrected chi connectivity index (χ2v) is 17.2. The predicted molar refractivity (Wildman–Crippen MR) is 224 cm³/mol. The minimum Gasteiger partial charge on any atom is -0.0839 e. The Labute approximate surface area is 315 Å². The third kappa shape index (κ3) is 4.94. The molecule has 0 aromatic heterocycles. The summed E-state index contributed by atoms with van der Waals surface area (Å²) in [5, 5.41) is 0. The lowest BCUT2D eigenvalue weighted by Gasteiger charge is -2.37. The molecule has 3 aromatic rings. The summed E-state index contributed by atoms with van der Waals surface area (Å²) < 4.78 is 0.